The molecule has 6 nitrogen and oxygen atoms in total. The van der Waals surface area contributed by atoms with E-state index in [-0.39, 0.29) is 18.6 Å². The van der Waals surface area contributed by atoms with Gasteiger partial charge in [-0.05, 0) is 13.8 Å². The van der Waals surface area contributed by atoms with E-state index >= 15 is 0 Å². The summed E-state index contributed by atoms with van der Waals surface area (Å²) in [5.41, 5.74) is 1.65. The van der Waals surface area contributed by atoms with Gasteiger partial charge in [-0.2, -0.15) is 0 Å². The molecule has 2 N–H and O–H groups in total. The van der Waals surface area contributed by atoms with E-state index in [0.717, 1.165) is 5.56 Å². The predicted octanol–water partition coefficient (Wildman–Crippen LogP) is 1.39. The quantitative estimate of drug-likeness (QED) is 0.842. The number of nitrogens with one attached hydrogen (secondary N) is 1. The number of carbonyl (C=O) groups excluding carboxylic acids is 1. The highest BCUT2D eigenvalue weighted by atomic mass is 16.3. The van der Waals surface area contributed by atoms with Crippen LogP contribution in [0.25, 0.3) is 11.3 Å². The Balaban J connectivity index is 2.22. The number of rotatable bonds is 6. The van der Waals surface area contributed by atoms with Gasteiger partial charge in [0, 0.05) is 24.6 Å². The highest BCUT2D eigenvalue weighted by Gasteiger charge is 2.22. The Morgan fingerprint density at radius 2 is 2.05 bits per heavy atom. The Morgan fingerprint density at radius 3 is 2.67 bits per heavy atom. The van der Waals surface area contributed by atoms with Gasteiger partial charge in [0.25, 0.3) is 0 Å². The van der Waals surface area contributed by atoms with Crippen LogP contribution in [0.1, 0.15) is 26.3 Å². The lowest BCUT2D eigenvalue weighted by atomic mass is 10.1. The van der Waals surface area contributed by atoms with E-state index < -0.39 is 6.04 Å². The standard InChI is InChI=1S/C15H20N4O2/c1-11(2)16-15(21)14(8-9-20)19-10-13(17-18-19)12-6-4-3-5-7-12/h3-7,10-11,14,20H,8-9H2,1-2H3,(H,16,21). The zero-order chi connectivity index (χ0) is 15.2. The molecule has 0 spiro atoms. The van der Waals surface area contributed by atoms with Gasteiger partial charge in [-0.15, -0.1) is 5.10 Å². The van der Waals surface area contributed by atoms with Crippen molar-refractivity contribution >= 4 is 5.91 Å². The van der Waals surface area contributed by atoms with Crippen LogP contribution in [0.2, 0.25) is 0 Å². The first-order valence-corrected chi connectivity index (χ1v) is 7.00. The number of aliphatic hydroxyl groups excluding tert-OH is 1. The van der Waals surface area contributed by atoms with Gasteiger partial charge in [0.15, 0.2) is 0 Å². The smallest absolute Gasteiger partial charge is 0.245 e. The summed E-state index contributed by atoms with van der Waals surface area (Å²) in [6.45, 7) is 3.70. The van der Waals surface area contributed by atoms with Crippen molar-refractivity contribution in [2.75, 3.05) is 6.61 Å². The maximum absolute atomic E-state index is 12.2. The molecule has 1 atom stereocenters. The SMILES string of the molecule is CC(C)NC(=O)C(CCO)n1cc(-c2ccccc2)nn1. The number of nitrogens with zero attached hydrogens (tertiary/aromatic N) is 3. The highest BCUT2D eigenvalue weighted by molar-refractivity contribution is 5.80. The minimum atomic E-state index is -0.553. The minimum absolute atomic E-state index is 0.0378. The van der Waals surface area contributed by atoms with Crippen LogP contribution in [-0.2, 0) is 4.79 Å². The molecule has 0 radical (unpaired) electrons. The summed E-state index contributed by atoms with van der Waals surface area (Å²) < 4.78 is 1.51. The molecule has 1 aromatic heterocycles. The van der Waals surface area contributed by atoms with Crippen molar-refractivity contribution < 1.29 is 9.90 Å². The lowest BCUT2D eigenvalue weighted by molar-refractivity contribution is -0.125. The van der Waals surface area contributed by atoms with Gasteiger partial charge in [0.1, 0.15) is 11.7 Å². The number of hydrogen-bond donors (Lipinski definition) is 2. The van der Waals surface area contributed by atoms with Gasteiger partial charge in [0.05, 0.1) is 6.20 Å². The van der Waals surface area contributed by atoms with Crippen LogP contribution in [0.3, 0.4) is 0 Å². The molecule has 0 aliphatic rings. The number of aromatic nitrogens is 3. The molecule has 0 fully saturated rings. The van der Waals surface area contributed by atoms with E-state index in [1.807, 2.05) is 44.2 Å². The third-order valence-corrected chi connectivity index (χ3v) is 3.04. The molecular formula is C15H20N4O2. The summed E-state index contributed by atoms with van der Waals surface area (Å²) in [7, 11) is 0. The first-order valence-electron chi connectivity index (χ1n) is 7.00. The van der Waals surface area contributed by atoms with E-state index in [0.29, 0.717) is 12.1 Å². The van der Waals surface area contributed by atoms with Gasteiger partial charge in [0.2, 0.25) is 5.91 Å². The van der Waals surface area contributed by atoms with E-state index in [1.54, 1.807) is 6.20 Å². The third kappa shape index (κ3) is 3.88. The average molecular weight is 288 g/mol. The van der Waals surface area contributed by atoms with Crippen molar-refractivity contribution in [2.24, 2.45) is 0 Å². The van der Waals surface area contributed by atoms with Gasteiger partial charge in [-0.25, -0.2) is 4.68 Å². The largest absolute Gasteiger partial charge is 0.396 e. The van der Waals surface area contributed by atoms with E-state index in [9.17, 15) is 4.79 Å². The van der Waals surface area contributed by atoms with Crippen molar-refractivity contribution in [2.45, 2.75) is 32.4 Å². The van der Waals surface area contributed by atoms with E-state index in [1.165, 1.54) is 4.68 Å². The summed E-state index contributed by atoms with van der Waals surface area (Å²) in [5.74, 6) is -0.163. The molecular weight excluding hydrogens is 268 g/mol. The second-order valence-corrected chi connectivity index (χ2v) is 5.14. The topological polar surface area (TPSA) is 80.0 Å². The maximum atomic E-state index is 12.2. The zero-order valence-corrected chi connectivity index (χ0v) is 12.2. The molecule has 1 aromatic carbocycles. The fourth-order valence-corrected chi connectivity index (χ4v) is 2.06. The summed E-state index contributed by atoms with van der Waals surface area (Å²) in [6.07, 6.45) is 2.03. The second-order valence-electron chi connectivity index (χ2n) is 5.14. The second kappa shape index (κ2) is 6.99. The van der Waals surface area contributed by atoms with Crippen LogP contribution in [0.4, 0.5) is 0 Å². The van der Waals surface area contributed by atoms with Crippen LogP contribution in [-0.4, -0.2) is 38.7 Å². The Labute approximate surface area is 123 Å². The normalized spacial score (nSPS) is 12.4. The van der Waals surface area contributed by atoms with Gasteiger partial charge < -0.3 is 10.4 Å². The number of benzene rings is 1. The Hall–Kier alpha value is -2.21. The predicted molar refractivity (Wildman–Crippen MR) is 79.5 cm³/mol. The Bertz CT molecular complexity index is 580. The molecule has 21 heavy (non-hydrogen) atoms. The number of amides is 1. The van der Waals surface area contributed by atoms with Gasteiger partial charge >= 0.3 is 0 Å². The van der Waals surface area contributed by atoms with Crippen molar-refractivity contribution in [1.82, 2.24) is 20.3 Å². The lowest BCUT2D eigenvalue weighted by Gasteiger charge is -2.17. The van der Waals surface area contributed by atoms with Crippen molar-refractivity contribution in [3.8, 4) is 11.3 Å². The van der Waals surface area contributed by atoms with Crippen LogP contribution < -0.4 is 5.32 Å². The Kier molecular flexibility index (Phi) is 5.05. The van der Waals surface area contributed by atoms with Gasteiger partial charge in [-0.1, -0.05) is 35.5 Å². The van der Waals surface area contributed by atoms with Crippen LogP contribution >= 0.6 is 0 Å². The molecule has 0 aliphatic heterocycles. The fraction of sp³-hybridized carbons (Fsp3) is 0.400. The molecule has 1 unspecified atom stereocenters. The van der Waals surface area contributed by atoms with Crippen LogP contribution in [0.5, 0.6) is 0 Å². The third-order valence-electron chi connectivity index (χ3n) is 3.04. The van der Waals surface area contributed by atoms with Crippen molar-refractivity contribution in [3.05, 3.63) is 36.5 Å². The van der Waals surface area contributed by atoms with Crippen molar-refractivity contribution in [1.29, 1.82) is 0 Å². The van der Waals surface area contributed by atoms with Gasteiger partial charge in [-0.3, -0.25) is 4.79 Å². The molecule has 2 rings (SSSR count). The summed E-state index contributed by atoms with van der Waals surface area (Å²) in [4.78, 5) is 12.2. The molecule has 1 amide bonds. The molecule has 112 valence electrons. The molecule has 0 bridgehead atoms. The minimum Gasteiger partial charge on any atom is -0.396 e. The number of aliphatic hydroxyl groups is 1. The molecule has 0 aliphatic carbocycles. The molecule has 0 saturated carbocycles. The maximum Gasteiger partial charge on any atom is 0.245 e. The first-order chi connectivity index (χ1) is 10.1. The van der Waals surface area contributed by atoms with E-state index in [4.69, 9.17) is 5.11 Å². The summed E-state index contributed by atoms with van der Waals surface area (Å²) in [6, 6.07) is 9.13. The van der Waals surface area contributed by atoms with Crippen molar-refractivity contribution in [3.63, 3.8) is 0 Å². The molecule has 1 heterocycles. The monoisotopic (exact) mass is 288 g/mol. The molecule has 2 aromatic rings. The first kappa shape index (κ1) is 15.2. The Morgan fingerprint density at radius 1 is 1.33 bits per heavy atom. The molecule has 0 saturated heterocycles. The lowest BCUT2D eigenvalue weighted by Crippen LogP contribution is -2.37. The average Bonchev–Trinajstić information content (AvgIpc) is 2.94. The zero-order valence-electron chi connectivity index (χ0n) is 12.2. The van der Waals surface area contributed by atoms with Crippen LogP contribution in [0, 0.1) is 0 Å². The number of carbonyl (C=O) groups is 1. The summed E-state index contributed by atoms with van der Waals surface area (Å²) >= 11 is 0. The van der Waals surface area contributed by atoms with E-state index in [2.05, 4.69) is 15.6 Å². The number of hydrogen-bond acceptors (Lipinski definition) is 4. The highest BCUT2D eigenvalue weighted by Crippen LogP contribution is 2.18. The summed E-state index contributed by atoms with van der Waals surface area (Å²) in [5, 5.41) is 20.1. The molecule has 6 heteroatoms. The van der Waals surface area contributed by atoms with Crippen LogP contribution in [0.15, 0.2) is 36.5 Å². The fourth-order valence-electron chi connectivity index (χ4n) is 2.06.